The molecule has 1 aromatic carbocycles. The minimum Gasteiger partial charge on any atom is -0.493 e. The van der Waals surface area contributed by atoms with Gasteiger partial charge in [0.15, 0.2) is 11.5 Å². The van der Waals surface area contributed by atoms with Crippen molar-refractivity contribution in [1.82, 2.24) is 4.98 Å². The van der Waals surface area contributed by atoms with Gasteiger partial charge in [-0.3, -0.25) is 9.78 Å². The summed E-state index contributed by atoms with van der Waals surface area (Å²) in [5.41, 5.74) is 1.71. The highest BCUT2D eigenvalue weighted by Crippen LogP contribution is 2.31. The highest BCUT2D eigenvalue weighted by Gasteiger charge is 2.09. The van der Waals surface area contributed by atoms with Gasteiger partial charge in [-0.15, -0.1) is 11.3 Å². The Kier molecular flexibility index (Phi) is 6.82. The molecule has 5 nitrogen and oxygen atoms in total. The van der Waals surface area contributed by atoms with E-state index in [0.29, 0.717) is 30.2 Å². The second-order valence-corrected chi connectivity index (χ2v) is 7.02. The minimum absolute atomic E-state index is 0.00296. The summed E-state index contributed by atoms with van der Waals surface area (Å²) in [7, 11) is 1.59. The normalized spacial score (nSPS) is 10.4. The van der Waals surface area contributed by atoms with Crippen LogP contribution in [0.2, 0.25) is 0 Å². The number of carbonyl (C=O) groups is 1. The molecule has 0 saturated carbocycles. The lowest BCUT2D eigenvalue weighted by molar-refractivity contribution is -0.116. The van der Waals surface area contributed by atoms with E-state index in [9.17, 15) is 4.79 Å². The third-order valence-electron chi connectivity index (χ3n) is 4.00. The van der Waals surface area contributed by atoms with Gasteiger partial charge >= 0.3 is 0 Å². The van der Waals surface area contributed by atoms with Gasteiger partial charge in [0.2, 0.25) is 5.91 Å². The van der Waals surface area contributed by atoms with Crippen LogP contribution in [0.4, 0.5) is 5.69 Å². The monoisotopic (exact) mass is 382 g/mol. The van der Waals surface area contributed by atoms with Gasteiger partial charge in [0.05, 0.1) is 7.11 Å². The van der Waals surface area contributed by atoms with Crippen LogP contribution in [0.3, 0.4) is 0 Å². The van der Waals surface area contributed by atoms with E-state index in [-0.39, 0.29) is 5.91 Å². The van der Waals surface area contributed by atoms with Crippen molar-refractivity contribution in [2.75, 3.05) is 12.4 Å². The Hall–Kier alpha value is -2.86. The minimum atomic E-state index is -0.00296. The van der Waals surface area contributed by atoms with Crippen molar-refractivity contribution >= 4 is 22.9 Å². The molecule has 0 atom stereocenters. The molecule has 2 aromatic heterocycles. The number of benzene rings is 1. The molecule has 1 N–H and O–H groups in total. The van der Waals surface area contributed by atoms with E-state index in [1.54, 1.807) is 43.0 Å². The Morgan fingerprint density at radius 2 is 2.00 bits per heavy atom. The van der Waals surface area contributed by atoms with E-state index < -0.39 is 0 Å². The first-order chi connectivity index (χ1) is 13.2. The average molecular weight is 382 g/mol. The molecule has 0 bridgehead atoms. The van der Waals surface area contributed by atoms with Crippen LogP contribution in [0.15, 0.2) is 60.2 Å². The first kappa shape index (κ1) is 18.9. The molecule has 0 fully saturated rings. The Labute approximate surface area is 163 Å². The number of aryl methyl sites for hydroxylation is 1. The molecular weight excluding hydrogens is 360 g/mol. The third kappa shape index (κ3) is 5.82. The molecule has 0 spiro atoms. The summed E-state index contributed by atoms with van der Waals surface area (Å²) in [4.78, 5) is 17.5. The second-order valence-electron chi connectivity index (χ2n) is 5.99. The number of hydrogen-bond acceptors (Lipinski definition) is 5. The van der Waals surface area contributed by atoms with Crippen LogP contribution >= 0.6 is 11.3 Å². The van der Waals surface area contributed by atoms with Gasteiger partial charge in [-0.2, -0.15) is 0 Å². The Morgan fingerprint density at radius 1 is 1.15 bits per heavy atom. The molecule has 1 amide bonds. The van der Waals surface area contributed by atoms with Gasteiger partial charge in [0.25, 0.3) is 0 Å². The molecular formula is C21H22N2O3S. The number of hydrogen-bond donors (Lipinski definition) is 1. The number of thiophene rings is 1. The maximum atomic E-state index is 12.2. The third-order valence-corrected chi connectivity index (χ3v) is 4.93. The molecule has 0 aliphatic rings. The lowest BCUT2D eigenvalue weighted by Crippen LogP contribution is -2.11. The van der Waals surface area contributed by atoms with Crippen molar-refractivity contribution < 1.29 is 14.3 Å². The molecule has 6 heteroatoms. The number of amides is 1. The Bertz CT molecular complexity index is 851. The fourth-order valence-electron chi connectivity index (χ4n) is 2.61. The summed E-state index contributed by atoms with van der Waals surface area (Å²) in [6.07, 6.45) is 5.69. The van der Waals surface area contributed by atoms with Crippen LogP contribution in [0.1, 0.15) is 23.3 Å². The van der Waals surface area contributed by atoms with Gasteiger partial charge in [-0.1, -0.05) is 6.07 Å². The number of methoxy groups -OCH3 is 1. The summed E-state index contributed by atoms with van der Waals surface area (Å²) in [6.45, 7) is 0.400. The molecule has 3 rings (SSSR count). The molecule has 3 aromatic rings. The van der Waals surface area contributed by atoms with E-state index >= 15 is 0 Å². The summed E-state index contributed by atoms with van der Waals surface area (Å²) < 4.78 is 11.2. The van der Waals surface area contributed by atoms with Crippen LogP contribution < -0.4 is 14.8 Å². The average Bonchev–Trinajstić information content (AvgIpc) is 3.21. The number of ether oxygens (including phenoxy) is 2. The molecule has 0 saturated heterocycles. The first-order valence-corrected chi connectivity index (χ1v) is 9.64. The Morgan fingerprint density at radius 3 is 2.74 bits per heavy atom. The van der Waals surface area contributed by atoms with Crippen molar-refractivity contribution in [1.29, 1.82) is 0 Å². The lowest BCUT2D eigenvalue weighted by atomic mass is 10.2. The number of nitrogens with one attached hydrogen (secondary N) is 1. The van der Waals surface area contributed by atoms with Gasteiger partial charge in [-0.05, 0) is 54.1 Å². The zero-order chi connectivity index (χ0) is 18.9. The van der Waals surface area contributed by atoms with Gasteiger partial charge in [-0.25, -0.2) is 0 Å². The van der Waals surface area contributed by atoms with Gasteiger partial charge < -0.3 is 14.8 Å². The number of aromatic nitrogens is 1. The molecule has 2 heterocycles. The highest BCUT2D eigenvalue weighted by atomic mass is 32.1. The largest absolute Gasteiger partial charge is 0.493 e. The number of nitrogens with zero attached hydrogens (tertiary/aromatic N) is 1. The highest BCUT2D eigenvalue weighted by molar-refractivity contribution is 7.09. The fourth-order valence-corrected chi connectivity index (χ4v) is 3.36. The van der Waals surface area contributed by atoms with Crippen molar-refractivity contribution in [2.24, 2.45) is 0 Å². The smallest absolute Gasteiger partial charge is 0.224 e. The zero-order valence-corrected chi connectivity index (χ0v) is 16.0. The molecule has 0 aliphatic heterocycles. The topological polar surface area (TPSA) is 60.5 Å². The molecule has 0 radical (unpaired) electrons. The van der Waals surface area contributed by atoms with E-state index in [1.165, 1.54) is 4.88 Å². The van der Waals surface area contributed by atoms with Gasteiger partial charge in [0.1, 0.15) is 6.61 Å². The maximum absolute atomic E-state index is 12.2. The number of anilines is 1. The summed E-state index contributed by atoms with van der Waals surface area (Å²) >= 11 is 1.72. The maximum Gasteiger partial charge on any atom is 0.224 e. The van der Waals surface area contributed by atoms with Crippen LogP contribution in [-0.2, 0) is 17.8 Å². The van der Waals surface area contributed by atoms with Crippen LogP contribution in [0, 0.1) is 0 Å². The molecule has 0 aliphatic carbocycles. The Balaban J connectivity index is 1.56. The van der Waals surface area contributed by atoms with E-state index in [4.69, 9.17) is 9.47 Å². The van der Waals surface area contributed by atoms with Crippen LogP contribution in [-0.4, -0.2) is 18.0 Å². The van der Waals surface area contributed by atoms with Crippen molar-refractivity contribution in [3.63, 3.8) is 0 Å². The van der Waals surface area contributed by atoms with Crippen LogP contribution in [0.5, 0.6) is 11.5 Å². The molecule has 0 unspecified atom stereocenters. The first-order valence-electron chi connectivity index (χ1n) is 8.76. The number of rotatable bonds is 9. The van der Waals surface area contributed by atoms with Crippen molar-refractivity contribution in [2.45, 2.75) is 25.9 Å². The SMILES string of the molecule is COc1ccc(NC(=O)CCCc2cccs2)cc1OCc1ccncc1. The van der Waals surface area contributed by atoms with Crippen molar-refractivity contribution in [3.8, 4) is 11.5 Å². The zero-order valence-electron chi connectivity index (χ0n) is 15.2. The van der Waals surface area contributed by atoms with E-state index in [2.05, 4.69) is 21.7 Å². The number of pyridine rings is 1. The predicted octanol–water partition coefficient (Wildman–Crippen LogP) is 4.69. The fraction of sp³-hybridized carbons (Fsp3) is 0.238. The summed E-state index contributed by atoms with van der Waals surface area (Å²) in [5.74, 6) is 1.21. The molecule has 27 heavy (non-hydrogen) atoms. The quantitative estimate of drug-likeness (QED) is 0.583. The van der Waals surface area contributed by atoms with E-state index in [1.807, 2.05) is 24.3 Å². The summed E-state index contributed by atoms with van der Waals surface area (Å²) in [6, 6.07) is 13.3. The predicted molar refractivity (Wildman–Crippen MR) is 107 cm³/mol. The standard InChI is InChI=1S/C21H22N2O3S/c1-25-19-8-7-17(14-20(19)26-15-16-9-11-22-12-10-16)23-21(24)6-2-4-18-5-3-13-27-18/h3,5,7-14H,2,4,6,15H2,1H3,(H,23,24). The number of carbonyl (C=O) groups excluding carboxylic acids is 1. The molecule has 140 valence electrons. The van der Waals surface area contributed by atoms with Crippen molar-refractivity contribution in [3.05, 3.63) is 70.7 Å². The lowest BCUT2D eigenvalue weighted by Gasteiger charge is -2.13. The second kappa shape index (κ2) is 9.73. The van der Waals surface area contributed by atoms with E-state index in [0.717, 1.165) is 18.4 Å². The van der Waals surface area contributed by atoms with Gasteiger partial charge in [0, 0.05) is 35.4 Å². The van der Waals surface area contributed by atoms with Crippen LogP contribution in [0.25, 0.3) is 0 Å². The summed E-state index contributed by atoms with van der Waals surface area (Å²) in [5, 5.41) is 4.99.